The van der Waals surface area contributed by atoms with Gasteiger partial charge in [0.05, 0.1) is 11.0 Å². The first-order chi connectivity index (χ1) is 13.6. The monoisotopic (exact) mass is 378 g/mol. The molecule has 5 rings (SSSR count). The van der Waals surface area contributed by atoms with Crippen LogP contribution in [0.3, 0.4) is 0 Å². The van der Waals surface area contributed by atoms with Crippen LogP contribution in [0.1, 0.15) is 26.7 Å². The maximum Gasteiger partial charge on any atom is 0.302 e. The zero-order chi connectivity index (χ0) is 19.3. The molecular formula is C18H14N6O4. The highest BCUT2D eigenvalue weighted by molar-refractivity contribution is 6.06. The first-order valence-corrected chi connectivity index (χ1v) is 8.57. The number of carbonyl (C=O) groups excluding carboxylic acids is 2. The van der Waals surface area contributed by atoms with E-state index >= 15 is 0 Å². The van der Waals surface area contributed by atoms with Crippen molar-refractivity contribution in [2.75, 3.05) is 16.8 Å². The van der Waals surface area contributed by atoms with Gasteiger partial charge in [0.25, 0.3) is 11.8 Å². The summed E-state index contributed by atoms with van der Waals surface area (Å²) in [6.07, 6.45) is 1.21. The van der Waals surface area contributed by atoms with Crippen LogP contribution in [-0.2, 0) is 6.54 Å². The number of benzene rings is 1. The van der Waals surface area contributed by atoms with E-state index in [0.29, 0.717) is 24.8 Å². The lowest BCUT2D eigenvalue weighted by atomic mass is 10.3. The van der Waals surface area contributed by atoms with Crippen LogP contribution < -0.4 is 10.2 Å². The normalized spacial score (nSPS) is 13.1. The van der Waals surface area contributed by atoms with Crippen LogP contribution in [0.15, 0.2) is 45.5 Å². The summed E-state index contributed by atoms with van der Waals surface area (Å²) in [5.41, 5.74) is 1.97. The molecule has 0 unspecified atom stereocenters. The number of rotatable bonds is 3. The molecule has 4 aromatic rings. The zero-order valence-electron chi connectivity index (χ0n) is 14.7. The lowest BCUT2D eigenvalue weighted by Crippen LogP contribution is -2.29. The predicted octanol–water partition coefficient (Wildman–Crippen LogP) is 2.23. The van der Waals surface area contributed by atoms with Gasteiger partial charge in [0.2, 0.25) is 5.95 Å². The number of nitrogens with zero attached hydrogens (tertiary/aromatic N) is 5. The summed E-state index contributed by atoms with van der Waals surface area (Å²) in [6.45, 7) is 2.81. The number of fused-ring (bicyclic) bond motifs is 3. The molecule has 0 saturated heterocycles. The van der Waals surface area contributed by atoms with E-state index in [1.165, 1.54) is 12.3 Å². The van der Waals surface area contributed by atoms with Gasteiger partial charge in [-0.1, -0.05) is 17.3 Å². The summed E-state index contributed by atoms with van der Waals surface area (Å²) in [5.74, 6) is 0.180. The zero-order valence-corrected chi connectivity index (χ0v) is 14.7. The van der Waals surface area contributed by atoms with Gasteiger partial charge in [-0.2, -0.15) is 4.98 Å². The van der Waals surface area contributed by atoms with Crippen molar-refractivity contribution in [2.45, 2.75) is 13.5 Å². The Morgan fingerprint density at radius 3 is 2.82 bits per heavy atom. The number of oxazole rings is 1. The van der Waals surface area contributed by atoms with Crippen molar-refractivity contribution in [2.24, 2.45) is 0 Å². The highest BCUT2D eigenvalue weighted by Gasteiger charge is 2.31. The number of hydrogen-bond acceptors (Lipinski definition) is 7. The van der Waals surface area contributed by atoms with Crippen LogP contribution in [0.4, 0.5) is 12.0 Å². The average Bonchev–Trinajstić information content (AvgIpc) is 3.44. The molecule has 0 radical (unpaired) electrons. The number of imidazole rings is 1. The molecule has 28 heavy (non-hydrogen) atoms. The number of para-hydroxylation sites is 2. The Morgan fingerprint density at radius 1 is 1.14 bits per heavy atom. The van der Waals surface area contributed by atoms with E-state index in [1.807, 2.05) is 28.8 Å². The number of amides is 2. The second kappa shape index (κ2) is 6.05. The van der Waals surface area contributed by atoms with Crippen molar-refractivity contribution in [3.05, 3.63) is 53.7 Å². The molecule has 140 valence electrons. The molecule has 1 aromatic carbocycles. The maximum atomic E-state index is 12.9. The molecule has 0 saturated carbocycles. The van der Waals surface area contributed by atoms with Crippen molar-refractivity contribution >= 4 is 34.8 Å². The van der Waals surface area contributed by atoms with Gasteiger partial charge in [0, 0.05) is 19.2 Å². The number of hydrogen-bond donors (Lipinski definition) is 1. The summed E-state index contributed by atoms with van der Waals surface area (Å²) in [6, 6.07) is 9.10. The van der Waals surface area contributed by atoms with Crippen LogP contribution in [-0.4, -0.2) is 38.1 Å². The predicted molar refractivity (Wildman–Crippen MR) is 97.1 cm³/mol. The molecule has 0 atom stereocenters. The van der Waals surface area contributed by atoms with Crippen molar-refractivity contribution < 1.29 is 18.5 Å². The summed E-state index contributed by atoms with van der Waals surface area (Å²) >= 11 is 0. The largest absolute Gasteiger partial charge is 0.431 e. The molecule has 0 spiro atoms. The minimum Gasteiger partial charge on any atom is -0.431 e. The van der Waals surface area contributed by atoms with E-state index < -0.39 is 5.91 Å². The SMILES string of the molecule is Cc1cc(C(=O)Nc2nc(C(=O)N3CCn4c3nc3ccccc34)co2)no1. The molecule has 10 heteroatoms. The number of carbonyl (C=O) groups is 2. The van der Waals surface area contributed by atoms with Crippen molar-refractivity contribution in [3.8, 4) is 0 Å². The van der Waals surface area contributed by atoms with E-state index in [4.69, 9.17) is 8.94 Å². The van der Waals surface area contributed by atoms with Crippen molar-refractivity contribution in [1.82, 2.24) is 19.7 Å². The molecule has 3 aromatic heterocycles. The molecule has 0 bridgehead atoms. The molecule has 2 amide bonds. The third kappa shape index (κ3) is 2.54. The maximum absolute atomic E-state index is 12.9. The Kier molecular flexibility index (Phi) is 3.51. The van der Waals surface area contributed by atoms with E-state index in [2.05, 4.69) is 20.4 Å². The van der Waals surface area contributed by atoms with Crippen LogP contribution in [0.5, 0.6) is 0 Å². The Labute approximate surface area is 157 Å². The van der Waals surface area contributed by atoms with E-state index in [0.717, 1.165) is 11.0 Å². The third-order valence-corrected chi connectivity index (χ3v) is 4.47. The molecule has 0 aliphatic carbocycles. The smallest absolute Gasteiger partial charge is 0.302 e. The molecule has 1 aliphatic heterocycles. The van der Waals surface area contributed by atoms with Crippen LogP contribution in [0, 0.1) is 6.92 Å². The van der Waals surface area contributed by atoms with Gasteiger partial charge in [0.1, 0.15) is 12.0 Å². The van der Waals surface area contributed by atoms with Gasteiger partial charge in [0.15, 0.2) is 11.4 Å². The van der Waals surface area contributed by atoms with Gasteiger partial charge >= 0.3 is 6.01 Å². The molecule has 0 fully saturated rings. The van der Waals surface area contributed by atoms with Gasteiger partial charge in [-0.3, -0.25) is 19.8 Å². The second-order valence-corrected chi connectivity index (χ2v) is 6.32. The van der Waals surface area contributed by atoms with E-state index in [9.17, 15) is 9.59 Å². The van der Waals surface area contributed by atoms with Gasteiger partial charge in [-0.15, -0.1) is 0 Å². The van der Waals surface area contributed by atoms with Gasteiger partial charge in [-0.05, 0) is 19.1 Å². The fourth-order valence-corrected chi connectivity index (χ4v) is 3.18. The molecule has 1 N–H and O–H groups in total. The Hall–Kier alpha value is -3.95. The Morgan fingerprint density at radius 2 is 2.00 bits per heavy atom. The fraction of sp³-hybridized carbons (Fsp3) is 0.167. The van der Waals surface area contributed by atoms with Gasteiger partial charge < -0.3 is 13.5 Å². The lowest BCUT2D eigenvalue weighted by molar-refractivity contribution is 0.0981. The highest BCUT2D eigenvalue weighted by atomic mass is 16.5. The number of aryl methyl sites for hydroxylation is 1. The van der Waals surface area contributed by atoms with Crippen LogP contribution >= 0.6 is 0 Å². The summed E-state index contributed by atoms with van der Waals surface area (Å²) in [7, 11) is 0. The Bertz CT molecular complexity index is 1220. The lowest BCUT2D eigenvalue weighted by Gasteiger charge is -2.11. The van der Waals surface area contributed by atoms with E-state index in [-0.39, 0.29) is 23.3 Å². The highest BCUT2D eigenvalue weighted by Crippen LogP contribution is 2.28. The average molecular weight is 378 g/mol. The fourth-order valence-electron chi connectivity index (χ4n) is 3.18. The van der Waals surface area contributed by atoms with Gasteiger partial charge in [-0.25, -0.2) is 4.98 Å². The topological polar surface area (TPSA) is 119 Å². The Balaban J connectivity index is 1.37. The van der Waals surface area contributed by atoms with Crippen molar-refractivity contribution in [3.63, 3.8) is 0 Å². The molecule has 1 aliphatic rings. The number of anilines is 2. The quantitative estimate of drug-likeness (QED) is 0.580. The molecule has 4 heterocycles. The number of nitrogens with one attached hydrogen (secondary N) is 1. The second-order valence-electron chi connectivity index (χ2n) is 6.32. The standard InChI is InChI=1S/C18H14N6O4/c1-10-8-12(22-28-10)15(25)21-17-19-13(9-27-17)16(26)24-7-6-23-14-5-3-2-4-11(14)20-18(23)24/h2-5,8-9H,6-7H2,1H3,(H,19,21,25). The summed E-state index contributed by atoms with van der Waals surface area (Å²) in [5, 5.41) is 6.07. The third-order valence-electron chi connectivity index (χ3n) is 4.47. The number of aromatic nitrogens is 4. The van der Waals surface area contributed by atoms with E-state index in [1.54, 1.807) is 11.8 Å². The molecular weight excluding hydrogens is 364 g/mol. The van der Waals surface area contributed by atoms with Crippen LogP contribution in [0.25, 0.3) is 11.0 Å². The van der Waals surface area contributed by atoms with Crippen LogP contribution in [0.2, 0.25) is 0 Å². The van der Waals surface area contributed by atoms with Crippen molar-refractivity contribution in [1.29, 1.82) is 0 Å². The summed E-state index contributed by atoms with van der Waals surface area (Å²) < 4.78 is 12.1. The molecule has 10 nitrogen and oxygen atoms in total. The first kappa shape index (κ1) is 16.2. The summed E-state index contributed by atoms with van der Waals surface area (Å²) in [4.78, 5) is 35.1. The minimum absolute atomic E-state index is 0.0761. The first-order valence-electron chi connectivity index (χ1n) is 8.57. The minimum atomic E-state index is -0.541.